The number of hydrogen-bond acceptors (Lipinski definition) is 3. The van der Waals surface area contributed by atoms with Crippen LogP contribution < -0.4 is 5.32 Å². The van der Waals surface area contributed by atoms with Crippen LogP contribution in [0.2, 0.25) is 0 Å². The third-order valence-corrected chi connectivity index (χ3v) is 4.19. The number of rotatable bonds is 5. The fraction of sp³-hybridized carbons (Fsp3) is 0.600. The molecular formula is C15H24BrN3. The van der Waals surface area contributed by atoms with Crippen molar-refractivity contribution in [3.63, 3.8) is 0 Å². The Morgan fingerprint density at radius 2 is 2.11 bits per heavy atom. The molecule has 0 bridgehead atoms. The first kappa shape index (κ1) is 15.0. The summed E-state index contributed by atoms with van der Waals surface area (Å²) in [6.45, 7) is 9.06. The highest BCUT2D eigenvalue weighted by Gasteiger charge is 2.17. The summed E-state index contributed by atoms with van der Waals surface area (Å²) in [4.78, 5) is 4.99. The number of hydrogen-bond donors (Lipinski definition) is 1. The molecule has 3 nitrogen and oxygen atoms in total. The number of piperazine rings is 1. The maximum Gasteiger partial charge on any atom is 0.0231 e. The third kappa shape index (κ3) is 4.88. The van der Waals surface area contributed by atoms with Gasteiger partial charge in [-0.1, -0.05) is 28.1 Å². The predicted octanol–water partition coefficient (Wildman–Crippen LogP) is 2.17. The van der Waals surface area contributed by atoms with Crippen molar-refractivity contribution in [3.05, 3.63) is 34.3 Å². The standard InChI is InChI=1S/C15H24BrN3/c1-13(19-8-6-17-7-9-19)11-18(2)12-14-4-3-5-15(16)10-14/h3-5,10,13,17H,6-9,11-12H2,1-2H3. The van der Waals surface area contributed by atoms with Crippen LogP contribution in [0.1, 0.15) is 12.5 Å². The molecule has 1 unspecified atom stereocenters. The van der Waals surface area contributed by atoms with Gasteiger partial charge in [0.05, 0.1) is 0 Å². The monoisotopic (exact) mass is 325 g/mol. The molecule has 4 heteroatoms. The fourth-order valence-electron chi connectivity index (χ4n) is 2.70. The molecule has 1 aliphatic heterocycles. The zero-order chi connectivity index (χ0) is 13.7. The van der Waals surface area contributed by atoms with Crippen LogP contribution in [0.25, 0.3) is 0 Å². The molecule has 1 N–H and O–H groups in total. The van der Waals surface area contributed by atoms with Crippen LogP contribution in [-0.2, 0) is 6.54 Å². The lowest BCUT2D eigenvalue weighted by Crippen LogP contribution is -2.50. The van der Waals surface area contributed by atoms with E-state index in [1.807, 2.05) is 0 Å². The maximum atomic E-state index is 3.53. The van der Waals surface area contributed by atoms with E-state index in [0.29, 0.717) is 6.04 Å². The van der Waals surface area contributed by atoms with E-state index in [9.17, 15) is 0 Å². The lowest BCUT2D eigenvalue weighted by molar-refractivity contribution is 0.144. The van der Waals surface area contributed by atoms with E-state index in [-0.39, 0.29) is 0 Å². The summed E-state index contributed by atoms with van der Waals surface area (Å²) in [6.07, 6.45) is 0. The molecule has 0 spiro atoms. The number of nitrogens with zero attached hydrogens (tertiary/aromatic N) is 2. The van der Waals surface area contributed by atoms with E-state index in [1.54, 1.807) is 0 Å². The van der Waals surface area contributed by atoms with E-state index in [0.717, 1.165) is 30.7 Å². The van der Waals surface area contributed by atoms with E-state index >= 15 is 0 Å². The molecular weight excluding hydrogens is 302 g/mol. The molecule has 1 heterocycles. The van der Waals surface area contributed by atoms with Gasteiger partial charge in [0.2, 0.25) is 0 Å². The van der Waals surface area contributed by atoms with Crippen molar-refractivity contribution in [2.24, 2.45) is 0 Å². The topological polar surface area (TPSA) is 18.5 Å². The van der Waals surface area contributed by atoms with Crippen LogP contribution in [0.3, 0.4) is 0 Å². The molecule has 106 valence electrons. The zero-order valence-electron chi connectivity index (χ0n) is 11.9. The van der Waals surface area contributed by atoms with Gasteiger partial charge in [-0.3, -0.25) is 4.90 Å². The highest BCUT2D eigenvalue weighted by molar-refractivity contribution is 9.10. The molecule has 1 saturated heterocycles. The molecule has 2 rings (SSSR count). The molecule has 19 heavy (non-hydrogen) atoms. The van der Waals surface area contributed by atoms with Gasteiger partial charge in [-0.15, -0.1) is 0 Å². The third-order valence-electron chi connectivity index (χ3n) is 3.69. The minimum Gasteiger partial charge on any atom is -0.314 e. The Bertz CT molecular complexity index is 391. The Morgan fingerprint density at radius 1 is 1.37 bits per heavy atom. The lowest BCUT2D eigenvalue weighted by Gasteiger charge is -2.35. The Balaban J connectivity index is 1.81. The van der Waals surface area contributed by atoms with Crippen molar-refractivity contribution in [1.82, 2.24) is 15.1 Å². The van der Waals surface area contributed by atoms with Crippen LogP contribution in [0.4, 0.5) is 0 Å². The van der Waals surface area contributed by atoms with E-state index in [1.165, 1.54) is 18.7 Å². The van der Waals surface area contributed by atoms with Crippen molar-refractivity contribution in [1.29, 1.82) is 0 Å². The van der Waals surface area contributed by atoms with Crippen LogP contribution in [0.5, 0.6) is 0 Å². The summed E-state index contributed by atoms with van der Waals surface area (Å²) in [7, 11) is 2.21. The first-order valence-corrected chi connectivity index (χ1v) is 7.82. The molecule has 0 aliphatic carbocycles. The first-order chi connectivity index (χ1) is 9.15. The molecule has 1 atom stereocenters. The van der Waals surface area contributed by atoms with Crippen LogP contribution in [0.15, 0.2) is 28.7 Å². The van der Waals surface area contributed by atoms with Crippen LogP contribution >= 0.6 is 15.9 Å². The highest BCUT2D eigenvalue weighted by atomic mass is 79.9. The van der Waals surface area contributed by atoms with Gasteiger partial charge in [0.1, 0.15) is 0 Å². The van der Waals surface area contributed by atoms with Gasteiger partial charge in [0.15, 0.2) is 0 Å². The van der Waals surface area contributed by atoms with Crippen molar-refractivity contribution < 1.29 is 0 Å². The molecule has 0 aromatic heterocycles. The van der Waals surface area contributed by atoms with Crippen LogP contribution in [0, 0.1) is 0 Å². The van der Waals surface area contributed by atoms with Gasteiger partial charge in [0.25, 0.3) is 0 Å². The fourth-order valence-corrected chi connectivity index (χ4v) is 3.15. The Kier molecular flexibility index (Phi) is 5.82. The van der Waals surface area contributed by atoms with Gasteiger partial charge >= 0.3 is 0 Å². The second kappa shape index (κ2) is 7.39. The Labute approximate surface area is 125 Å². The van der Waals surface area contributed by atoms with E-state index < -0.39 is 0 Å². The van der Waals surface area contributed by atoms with Gasteiger partial charge in [-0.2, -0.15) is 0 Å². The summed E-state index contributed by atoms with van der Waals surface area (Å²) < 4.78 is 1.16. The first-order valence-electron chi connectivity index (χ1n) is 7.03. The van der Waals surface area contributed by atoms with E-state index in [2.05, 4.69) is 69.3 Å². The molecule has 1 aliphatic rings. The molecule has 0 radical (unpaired) electrons. The second-order valence-electron chi connectivity index (χ2n) is 5.46. The van der Waals surface area contributed by atoms with E-state index in [4.69, 9.17) is 0 Å². The summed E-state index contributed by atoms with van der Waals surface area (Å²) in [6, 6.07) is 9.20. The molecule has 1 fully saturated rings. The average molecular weight is 326 g/mol. The second-order valence-corrected chi connectivity index (χ2v) is 6.38. The molecule has 1 aromatic carbocycles. The number of nitrogens with one attached hydrogen (secondary N) is 1. The highest BCUT2D eigenvalue weighted by Crippen LogP contribution is 2.13. The van der Waals surface area contributed by atoms with Crippen molar-refractivity contribution in [2.45, 2.75) is 19.5 Å². The zero-order valence-corrected chi connectivity index (χ0v) is 13.5. The van der Waals surface area contributed by atoms with Gasteiger partial charge in [0, 0.05) is 49.8 Å². The molecule has 0 saturated carbocycles. The minimum absolute atomic E-state index is 0.624. The van der Waals surface area contributed by atoms with Gasteiger partial charge in [-0.25, -0.2) is 0 Å². The number of likely N-dealkylation sites (N-methyl/N-ethyl adjacent to an activating group) is 1. The lowest BCUT2D eigenvalue weighted by atomic mass is 10.2. The largest absolute Gasteiger partial charge is 0.314 e. The number of benzene rings is 1. The number of halogens is 1. The Morgan fingerprint density at radius 3 is 2.79 bits per heavy atom. The van der Waals surface area contributed by atoms with Gasteiger partial charge < -0.3 is 10.2 Å². The van der Waals surface area contributed by atoms with Gasteiger partial charge in [-0.05, 0) is 31.7 Å². The Hall–Kier alpha value is -0.420. The summed E-state index contributed by atoms with van der Waals surface area (Å²) in [5.74, 6) is 0. The molecule has 1 aromatic rings. The maximum absolute atomic E-state index is 3.53. The predicted molar refractivity (Wildman–Crippen MR) is 84.4 cm³/mol. The quantitative estimate of drug-likeness (QED) is 0.895. The minimum atomic E-state index is 0.624. The van der Waals surface area contributed by atoms with Crippen LogP contribution in [-0.4, -0.2) is 55.6 Å². The van der Waals surface area contributed by atoms with Crippen molar-refractivity contribution >= 4 is 15.9 Å². The SMILES string of the molecule is CC(CN(C)Cc1cccc(Br)c1)N1CCNCC1. The van der Waals surface area contributed by atoms with Crippen molar-refractivity contribution in [2.75, 3.05) is 39.8 Å². The average Bonchev–Trinajstić information content (AvgIpc) is 2.39. The molecule has 0 amide bonds. The smallest absolute Gasteiger partial charge is 0.0231 e. The van der Waals surface area contributed by atoms with Crippen molar-refractivity contribution in [3.8, 4) is 0 Å². The summed E-state index contributed by atoms with van der Waals surface area (Å²) in [5, 5.41) is 3.41. The summed E-state index contributed by atoms with van der Waals surface area (Å²) in [5.41, 5.74) is 1.37. The normalized spacial score (nSPS) is 18.7. The summed E-state index contributed by atoms with van der Waals surface area (Å²) >= 11 is 3.53.